The Morgan fingerprint density at radius 2 is 1.86 bits per heavy atom. The van der Waals surface area contributed by atoms with Crippen LogP contribution in [-0.2, 0) is 35.8 Å². The van der Waals surface area contributed by atoms with Crippen LogP contribution in [0.1, 0.15) is 30.2 Å². The number of nitrogens with one attached hydrogen (secondary N) is 1. The predicted octanol–water partition coefficient (Wildman–Crippen LogP) is 3.23. The largest absolute Gasteiger partial charge is 0.382 e. The summed E-state index contributed by atoms with van der Waals surface area (Å²) in [5.41, 5.74) is 4.49. The zero-order chi connectivity index (χ0) is 20.3. The lowest BCUT2D eigenvalue weighted by molar-refractivity contribution is 0.126. The topological polar surface area (TPSA) is 65.4 Å². The first-order valence-corrected chi connectivity index (χ1v) is 10.0. The van der Waals surface area contributed by atoms with Crippen molar-refractivity contribution in [1.29, 1.82) is 0 Å². The van der Waals surface area contributed by atoms with E-state index < -0.39 is 0 Å². The van der Waals surface area contributed by atoms with E-state index in [2.05, 4.69) is 11.4 Å². The summed E-state index contributed by atoms with van der Waals surface area (Å²) in [5, 5.41) is 3.91. The molecule has 0 saturated heterocycles. The van der Waals surface area contributed by atoms with Crippen molar-refractivity contribution in [3.8, 4) is 11.4 Å². The van der Waals surface area contributed by atoms with E-state index in [4.69, 9.17) is 26.1 Å². The van der Waals surface area contributed by atoms with Gasteiger partial charge in [-0.15, -0.1) is 0 Å². The van der Waals surface area contributed by atoms with Gasteiger partial charge in [-0.25, -0.2) is 4.98 Å². The molecule has 0 aliphatic heterocycles. The van der Waals surface area contributed by atoms with Crippen LogP contribution in [0.4, 0.5) is 5.69 Å². The molecule has 3 rings (SSSR count). The maximum absolute atomic E-state index is 13.2. The number of benzene rings is 1. The molecule has 0 amide bonds. The third-order valence-corrected chi connectivity index (χ3v) is 5.52. The van der Waals surface area contributed by atoms with Gasteiger partial charge in [-0.05, 0) is 48.9 Å². The molecular formula is C21H28ClN3O3. The van der Waals surface area contributed by atoms with Gasteiger partial charge in [0.25, 0.3) is 5.56 Å². The summed E-state index contributed by atoms with van der Waals surface area (Å²) in [6, 6.07) is 3.98. The smallest absolute Gasteiger partial charge is 0.277 e. The van der Waals surface area contributed by atoms with Gasteiger partial charge in [-0.3, -0.25) is 9.36 Å². The van der Waals surface area contributed by atoms with Gasteiger partial charge in [0.15, 0.2) is 0 Å². The minimum atomic E-state index is -0.135. The van der Waals surface area contributed by atoms with Crippen molar-refractivity contribution in [2.24, 2.45) is 7.05 Å². The van der Waals surface area contributed by atoms with Crippen molar-refractivity contribution < 1.29 is 9.47 Å². The first-order chi connectivity index (χ1) is 13.5. The molecule has 0 fully saturated rings. The second-order valence-electron chi connectivity index (χ2n) is 7.18. The minimum absolute atomic E-state index is 0.129. The highest BCUT2D eigenvalue weighted by Crippen LogP contribution is 2.33. The number of rotatable bonds is 8. The summed E-state index contributed by atoms with van der Waals surface area (Å²) in [6.07, 6.45) is 3.88. The number of aromatic nitrogens is 2. The van der Waals surface area contributed by atoms with Crippen LogP contribution in [0, 0.1) is 0 Å². The van der Waals surface area contributed by atoms with Gasteiger partial charge in [0.2, 0.25) is 0 Å². The molecule has 7 heteroatoms. The summed E-state index contributed by atoms with van der Waals surface area (Å²) in [5.74, 6) is 0.599. The average molecular weight is 406 g/mol. The highest BCUT2D eigenvalue weighted by Gasteiger charge is 2.21. The minimum Gasteiger partial charge on any atom is -0.382 e. The van der Waals surface area contributed by atoms with Gasteiger partial charge in [-0.1, -0.05) is 18.5 Å². The molecule has 1 aliphatic carbocycles. The summed E-state index contributed by atoms with van der Waals surface area (Å²) in [6.45, 7) is 2.85. The van der Waals surface area contributed by atoms with E-state index in [9.17, 15) is 4.79 Å². The van der Waals surface area contributed by atoms with Crippen LogP contribution < -0.4 is 10.9 Å². The van der Waals surface area contributed by atoms with Crippen LogP contribution in [0.3, 0.4) is 0 Å². The molecule has 152 valence electrons. The van der Waals surface area contributed by atoms with E-state index in [-0.39, 0.29) is 11.6 Å². The molecule has 0 radical (unpaired) electrons. The summed E-state index contributed by atoms with van der Waals surface area (Å²) in [4.78, 5) is 18.0. The van der Waals surface area contributed by atoms with Crippen molar-refractivity contribution in [1.82, 2.24) is 9.55 Å². The van der Waals surface area contributed by atoms with Crippen LogP contribution in [0.15, 0.2) is 16.9 Å². The Hall–Kier alpha value is -1.89. The highest BCUT2D eigenvalue weighted by molar-refractivity contribution is 6.33. The Kier molecular flexibility index (Phi) is 6.75. The highest BCUT2D eigenvalue weighted by atomic mass is 35.5. The van der Waals surface area contributed by atoms with Crippen molar-refractivity contribution >= 4 is 17.3 Å². The van der Waals surface area contributed by atoms with Crippen molar-refractivity contribution in [2.45, 2.75) is 38.6 Å². The fraction of sp³-hybridized carbons (Fsp3) is 0.524. The zero-order valence-electron chi connectivity index (χ0n) is 17.0. The lowest BCUT2D eigenvalue weighted by Crippen LogP contribution is -2.35. The Morgan fingerprint density at radius 3 is 2.46 bits per heavy atom. The maximum atomic E-state index is 13.2. The van der Waals surface area contributed by atoms with E-state index in [1.54, 1.807) is 25.8 Å². The average Bonchev–Trinajstić information content (AvgIpc) is 3.13. The molecule has 1 aromatic carbocycles. The SMILES string of the molecule is CCc1nc(-c2cc3c(cc2Cl)CCC3)n(C)c(=O)c1NC(COC)COC. The van der Waals surface area contributed by atoms with Crippen LogP contribution >= 0.6 is 11.6 Å². The quantitative estimate of drug-likeness (QED) is 0.730. The summed E-state index contributed by atoms with van der Waals surface area (Å²) < 4.78 is 12.0. The first-order valence-electron chi connectivity index (χ1n) is 9.66. The van der Waals surface area contributed by atoms with Gasteiger partial charge in [0, 0.05) is 26.8 Å². The van der Waals surface area contributed by atoms with Crippen LogP contribution in [0.5, 0.6) is 0 Å². The normalized spacial score (nSPS) is 13.2. The number of halogens is 1. The number of methoxy groups -OCH3 is 2. The van der Waals surface area contributed by atoms with Crippen molar-refractivity contribution in [2.75, 3.05) is 32.8 Å². The number of anilines is 1. The Balaban J connectivity index is 2.06. The molecule has 1 heterocycles. The Morgan fingerprint density at radius 1 is 1.21 bits per heavy atom. The predicted molar refractivity (Wildman–Crippen MR) is 112 cm³/mol. The monoisotopic (exact) mass is 405 g/mol. The molecule has 0 saturated carbocycles. The van der Waals surface area contributed by atoms with E-state index >= 15 is 0 Å². The molecule has 0 spiro atoms. The van der Waals surface area contributed by atoms with Gasteiger partial charge in [-0.2, -0.15) is 0 Å². The van der Waals surface area contributed by atoms with E-state index in [1.165, 1.54) is 11.1 Å². The van der Waals surface area contributed by atoms with E-state index in [1.807, 2.05) is 13.0 Å². The Labute approximate surface area is 170 Å². The second kappa shape index (κ2) is 9.07. The molecule has 2 aromatic rings. The van der Waals surface area contributed by atoms with E-state index in [0.717, 1.165) is 24.8 Å². The van der Waals surface area contributed by atoms with Crippen molar-refractivity contribution in [3.05, 3.63) is 44.3 Å². The van der Waals surface area contributed by atoms with Gasteiger partial charge < -0.3 is 14.8 Å². The molecule has 0 bridgehead atoms. The number of nitrogens with zero attached hydrogens (tertiary/aromatic N) is 2. The third kappa shape index (κ3) is 4.09. The fourth-order valence-electron chi connectivity index (χ4n) is 3.79. The third-order valence-electron chi connectivity index (χ3n) is 5.21. The lowest BCUT2D eigenvalue weighted by Gasteiger charge is -2.21. The number of fused-ring (bicyclic) bond motifs is 1. The Bertz CT molecular complexity index is 905. The van der Waals surface area contributed by atoms with Crippen molar-refractivity contribution in [3.63, 3.8) is 0 Å². The molecule has 28 heavy (non-hydrogen) atoms. The number of aryl methyl sites for hydroxylation is 3. The first kappa shape index (κ1) is 20.8. The summed E-state index contributed by atoms with van der Waals surface area (Å²) >= 11 is 6.56. The second-order valence-corrected chi connectivity index (χ2v) is 7.59. The molecule has 1 aliphatic rings. The maximum Gasteiger partial charge on any atom is 0.277 e. The molecule has 6 nitrogen and oxygen atoms in total. The van der Waals surface area contributed by atoms with E-state index in [0.29, 0.717) is 41.9 Å². The molecule has 0 unspecified atom stereocenters. The van der Waals surface area contributed by atoms with Gasteiger partial charge in [0.05, 0.1) is 30.0 Å². The van der Waals surface area contributed by atoms with Crippen LogP contribution in [0.25, 0.3) is 11.4 Å². The van der Waals surface area contributed by atoms with Crippen LogP contribution in [0.2, 0.25) is 5.02 Å². The lowest BCUT2D eigenvalue weighted by atomic mass is 10.1. The summed E-state index contributed by atoms with van der Waals surface area (Å²) in [7, 11) is 4.99. The van der Waals surface area contributed by atoms with Crippen LogP contribution in [-0.4, -0.2) is 43.0 Å². The molecule has 0 atom stereocenters. The number of ether oxygens (including phenoxy) is 2. The van der Waals surface area contributed by atoms with Gasteiger partial charge >= 0.3 is 0 Å². The number of hydrogen-bond donors (Lipinski definition) is 1. The standard InChI is InChI=1S/C21H28ClN3O3/c1-5-18-19(23-15(11-27-3)12-28-4)21(26)25(2)20(24-18)16-9-13-7-6-8-14(13)10-17(16)22/h9-10,15,23H,5-8,11-12H2,1-4H3. The molecular weight excluding hydrogens is 378 g/mol. The number of hydrogen-bond acceptors (Lipinski definition) is 5. The molecule has 1 N–H and O–H groups in total. The fourth-order valence-corrected chi connectivity index (χ4v) is 4.06. The zero-order valence-corrected chi connectivity index (χ0v) is 17.7. The molecule has 1 aromatic heterocycles. The van der Waals surface area contributed by atoms with Gasteiger partial charge in [0.1, 0.15) is 11.5 Å².